The van der Waals surface area contributed by atoms with E-state index in [2.05, 4.69) is 15.3 Å². The molecule has 0 aliphatic rings. The van der Waals surface area contributed by atoms with Gasteiger partial charge in [0.05, 0.1) is 22.5 Å². The molecule has 0 fully saturated rings. The Morgan fingerprint density at radius 3 is 2.27 bits per heavy atom. The molecule has 2 heterocycles. The van der Waals surface area contributed by atoms with Crippen molar-refractivity contribution in [2.75, 3.05) is 5.32 Å². The van der Waals surface area contributed by atoms with Crippen molar-refractivity contribution >= 4 is 40.1 Å². The van der Waals surface area contributed by atoms with E-state index in [9.17, 15) is 26.3 Å². The molecular formula is C18H13F6N5S. The van der Waals surface area contributed by atoms with Gasteiger partial charge in [0.25, 0.3) is 0 Å². The molecular weight excluding hydrogens is 432 g/mol. The zero-order valence-electron chi connectivity index (χ0n) is 14.8. The van der Waals surface area contributed by atoms with Crippen molar-refractivity contribution in [2.24, 2.45) is 10.9 Å². The van der Waals surface area contributed by atoms with Crippen molar-refractivity contribution in [1.82, 2.24) is 9.97 Å². The average Bonchev–Trinajstić information content (AvgIpc) is 2.67. The molecule has 5 N–H and O–H groups in total. The van der Waals surface area contributed by atoms with Gasteiger partial charge in [-0.3, -0.25) is 10.1 Å². The van der Waals surface area contributed by atoms with E-state index in [1.54, 1.807) is 6.07 Å². The van der Waals surface area contributed by atoms with Crippen molar-refractivity contribution in [3.05, 3.63) is 64.8 Å². The number of nitrogens with zero attached hydrogens (tertiary/aromatic N) is 2. The first-order valence-corrected chi connectivity index (χ1v) is 9.02. The van der Waals surface area contributed by atoms with Crippen LogP contribution in [0.2, 0.25) is 0 Å². The van der Waals surface area contributed by atoms with E-state index in [0.29, 0.717) is 22.8 Å². The summed E-state index contributed by atoms with van der Waals surface area (Å²) in [5.74, 6) is 0.151. The number of rotatable bonds is 4. The normalized spacial score (nSPS) is 13.3. The van der Waals surface area contributed by atoms with Gasteiger partial charge in [0, 0.05) is 23.3 Å². The van der Waals surface area contributed by atoms with Crippen LogP contribution in [-0.2, 0) is 6.18 Å². The summed E-state index contributed by atoms with van der Waals surface area (Å²) in [6, 6.07) is 7.82. The molecule has 0 amide bonds. The Balaban J connectivity index is 1.97. The third-order valence-electron chi connectivity index (χ3n) is 4.03. The number of hydrogen-bond acceptors (Lipinski definition) is 6. The molecule has 0 radical (unpaired) electrons. The van der Waals surface area contributed by atoms with Gasteiger partial charge in [0.15, 0.2) is 0 Å². The summed E-state index contributed by atoms with van der Waals surface area (Å²) in [5.41, 5.74) is 5.06. The topological polar surface area (TPSA) is 89.8 Å². The van der Waals surface area contributed by atoms with E-state index in [4.69, 9.17) is 10.9 Å². The minimum absolute atomic E-state index is 0.00146. The highest BCUT2D eigenvalue weighted by Crippen LogP contribution is 2.36. The van der Waals surface area contributed by atoms with E-state index in [1.165, 1.54) is 24.4 Å². The lowest BCUT2D eigenvalue weighted by Crippen LogP contribution is -2.16. The summed E-state index contributed by atoms with van der Waals surface area (Å²) in [5, 5.41) is 8.48. The predicted octanol–water partition coefficient (Wildman–Crippen LogP) is 5.19. The van der Waals surface area contributed by atoms with Crippen LogP contribution in [-0.4, -0.2) is 16.1 Å². The molecule has 12 heteroatoms. The minimum Gasteiger partial charge on any atom is -0.397 e. The lowest BCUT2D eigenvalue weighted by molar-refractivity contribution is -0.137. The van der Waals surface area contributed by atoms with Crippen LogP contribution in [0.4, 0.5) is 37.8 Å². The smallest absolute Gasteiger partial charge is 0.397 e. The third-order valence-corrected chi connectivity index (χ3v) is 4.71. The second kappa shape index (κ2) is 8.03. The summed E-state index contributed by atoms with van der Waals surface area (Å²) < 4.78 is 77.1. The maximum absolute atomic E-state index is 13.0. The van der Waals surface area contributed by atoms with Gasteiger partial charge in [-0.1, -0.05) is 12.1 Å². The van der Waals surface area contributed by atoms with Gasteiger partial charge in [-0.05, 0) is 36.2 Å². The molecule has 0 unspecified atom stereocenters. The number of alkyl halides is 6. The molecule has 3 rings (SSSR count). The molecule has 0 atom stereocenters. The number of nitrogens with one attached hydrogen (secondary N) is 1. The average molecular weight is 445 g/mol. The number of aromatic nitrogens is 2. The molecule has 0 spiro atoms. The molecule has 2 aromatic heterocycles. The van der Waals surface area contributed by atoms with Crippen molar-refractivity contribution in [3.8, 4) is 0 Å². The van der Waals surface area contributed by atoms with Crippen molar-refractivity contribution in [2.45, 2.75) is 12.4 Å². The van der Waals surface area contributed by atoms with Gasteiger partial charge in [-0.2, -0.15) is 26.3 Å². The first-order chi connectivity index (χ1) is 14.0. The third kappa shape index (κ3) is 4.60. The number of pyridine rings is 2. The molecule has 0 bridgehead atoms. The number of nitrogens with two attached hydrogens (primary N) is 2. The van der Waals surface area contributed by atoms with Crippen molar-refractivity contribution in [3.63, 3.8) is 0 Å². The number of hydrogen-bond donors (Lipinski definition) is 3. The first-order valence-electron chi connectivity index (χ1n) is 8.14. The zero-order chi connectivity index (χ0) is 22.1. The fourth-order valence-electron chi connectivity index (χ4n) is 2.61. The molecule has 158 valence electrons. The Bertz CT molecular complexity index is 1090. The van der Waals surface area contributed by atoms with E-state index in [-0.39, 0.29) is 23.3 Å². The van der Waals surface area contributed by atoms with Crippen molar-refractivity contribution < 1.29 is 26.3 Å². The van der Waals surface area contributed by atoms with Crippen LogP contribution >= 0.6 is 11.9 Å². The molecule has 0 saturated heterocycles. The van der Waals surface area contributed by atoms with Gasteiger partial charge in [-0.25, -0.2) is 4.98 Å². The van der Waals surface area contributed by atoms with Crippen molar-refractivity contribution in [1.29, 1.82) is 0 Å². The highest BCUT2D eigenvalue weighted by atomic mass is 32.2. The van der Waals surface area contributed by atoms with Gasteiger partial charge < -0.3 is 11.1 Å². The quantitative estimate of drug-likeness (QED) is 0.378. The van der Waals surface area contributed by atoms with Crippen LogP contribution in [0.15, 0.2) is 53.7 Å². The standard InChI is InChI=1S/C18H13F6N5S/c19-17(20,21)10-2-4-14(28-8-10)29-12-5-6-27-13-7-9(1-3-11(12)13)15(25)16(30-26)18(22,23)24/h1-8H,25-26H2,(H,27,28,29)/b16-15-. The van der Waals surface area contributed by atoms with Crippen LogP contribution in [0.25, 0.3) is 16.6 Å². The van der Waals surface area contributed by atoms with Crippen LogP contribution < -0.4 is 16.2 Å². The summed E-state index contributed by atoms with van der Waals surface area (Å²) >= 11 is 0.00146. The lowest BCUT2D eigenvalue weighted by Gasteiger charge is -2.14. The number of anilines is 2. The fraction of sp³-hybridized carbons (Fsp3) is 0.111. The Morgan fingerprint density at radius 1 is 0.967 bits per heavy atom. The molecule has 0 aliphatic heterocycles. The Kier molecular flexibility index (Phi) is 5.81. The Labute approximate surface area is 170 Å². The lowest BCUT2D eigenvalue weighted by atomic mass is 10.1. The monoisotopic (exact) mass is 445 g/mol. The Morgan fingerprint density at radius 2 is 1.70 bits per heavy atom. The summed E-state index contributed by atoms with van der Waals surface area (Å²) in [6.07, 6.45) is -7.13. The van der Waals surface area contributed by atoms with Crippen LogP contribution in [0.3, 0.4) is 0 Å². The molecule has 1 aromatic carbocycles. The number of allylic oxidation sites excluding steroid dienone is 1. The van der Waals surface area contributed by atoms with Crippen LogP contribution in [0, 0.1) is 0 Å². The SMILES string of the molecule is NS/C(=C(\N)c1ccc2c(Nc3ccc(C(F)(F)F)cn3)ccnc2c1)C(F)(F)F. The van der Waals surface area contributed by atoms with Crippen LogP contribution in [0.5, 0.6) is 0 Å². The predicted molar refractivity (Wildman–Crippen MR) is 103 cm³/mol. The second-order valence-electron chi connectivity index (χ2n) is 6.00. The largest absolute Gasteiger partial charge is 0.425 e. The Hall–Kier alpha value is -2.99. The van der Waals surface area contributed by atoms with E-state index >= 15 is 0 Å². The summed E-state index contributed by atoms with van der Waals surface area (Å²) in [4.78, 5) is 6.71. The maximum atomic E-state index is 13.0. The fourth-order valence-corrected chi connectivity index (χ4v) is 2.99. The first kappa shape index (κ1) is 21.7. The maximum Gasteiger partial charge on any atom is 0.425 e. The number of fused-ring (bicyclic) bond motifs is 1. The van der Waals surface area contributed by atoms with Gasteiger partial charge in [0.1, 0.15) is 10.7 Å². The van der Waals surface area contributed by atoms with E-state index in [1.807, 2.05) is 0 Å². The molecule has 0 saturated carbocycles. The zero-order valence-corrected chi connectivity index (χ0v) is 15.7. The number of halogens is 6. The van der Waals surface area contributed by atoms with E-state index < -0.39 is 28.5 Å². The molecule has 0 aliphatic carbocycles. The highest BCUT2D eigenvalue weighted by Gasteiger charge is 2.36. The highest BCUT2D eigenvalue weighted by molar-refractivity contribution is 8.01. The number of benzene rings is 1. The summed E-state index contributed by atoms with van der Waals surface area (Å²) in [6.45, 7) is 0. The van der Waals surface area contributed by atoms with Gasteiger partial charge >= 0.3 is 12.4 Å². The van der Waals surface area contributed by atoms with E-state index in [0.717, 1.165) is 12.1 Å². The molecule has 30 heavy (non-hydrogen) atoms. The minimum atomic E-state index is -4.70. The molecule has 3 aromatic rings. The second-order valence-corrected chi connectivity index (χ2v) is 6.65. The van der Waals surface area contributed by atoms with Gasteiger partial charge in [0.2, 0.25) is 0 Å². The van der Waals surface area contributed by atoms with Gasteiger partial charge in [-0.15, -0.1) is 0 Å². The van der Waals surface area contributed by atoms with Crippen LogP contribution in [0.1, 0.15) is 11.1 Å². The summed E-state index contributed by atoms with van der Waals surface area (Å²) in [7, 11) is 0. The molecule has 5 nitrogen and oxygen atoms in total.